The number of aromatic amines is 1. The third-order valence-electron chi connectivity index (χ3n) is 4.69. The number of rotatable bonds is 3. The molecule has 24 heavy (non-hydrogen) atoms. The highest BCUT2D eigenvalue weighted by Crippen LogP contribution is 2.26. The quantitative estimate of drug-likeness (QED) is 0.802. The SMILES string of the molecule is Cc1nc(C2CCCN(Cc3cccc4ccnn34)C2)cc(=O)[nH]1. The van der Waals surface area contributed by atoms with Gasteiger partial charge in [0.05, 0.1) is 16.9 Å². The summed E-state index contributed by atoms with van der Waals surface area (Å²) in [6.45, 7) is 4.69. The second-order valence-corrected chi connectivity index (χ2v) is 6.51. The molecule has 6 heteroatoms. The van der Waals surface area contributed by atoms with Crippen molar-refractivity contribution in [2.24, 2.45) is 0 Å². The first-order valence-corrected chi connectivity index (χ1v) is 8.41. The zero-order valence-electron chi connectivity index (χ0n) is 13.8. The van der Waals surface area contributed by atoms with Gasteiger partial charge < -0.3 is 4.98 Å². The molecule has 1 unspecified atom stereocenters. The van der Waals surface area contributed by atoms with Crippen LogP contribution < -0.4 is 5.56 Å². The topological polar surface area (TPSA) is 66.3 Å². The van der Waals surface area contributed by atoms with Gasteiger partial charge in [0, 0.05) is 31.3 Å². The van der Waals surface area contributed by atoms with E-state index >= 15 is 0 Å². The van der Waals surface area contributed by atoms with E-state index in [4.69, 9.17) is 0 Å². The Balaban J connectivity index is 1.54. The van der Waals surface area contributed by atoms with E-state index in [2.05, 4.69) is 38.2 Å². The Hall–Kier alpha value is -2.47. The van der Waals surface area contributed by atoms with Crippen LogP contribution in [0.15, 0.2) is 41.3 Å². The zero-order valence-corrected chi connectivity index (χ0v) is 13.8. The van der Waals surface area contributed by atoms with E-state index in [0.717, 1.165) is 43.7 Å². The molecule has 6 nitrogen and oxygen atoms in total. The number of hydrogen-bond donors (Lipinski definition) is 1. The number of hydrogen-bond acceptors (Lipinski definition) is 4. The van der Waals surface area contributed by atoms with E-state index in [1.165, 1.54) is 5.69 Å². The summed E-state index contributed by atoms with van der Waals surface area (Å²) in [5.74, 6) is 1.01. The third-order valence-corrected chi connectivity index (χ3v) is 4.69. The highest BCUT2D eigenvalue weighted by atomic mass is 16.1. The molecule has 3 aromatic rings. The number of H-pyrrole nitrogens is 1. The summed E-state index contributed by atoms with van der Waals surface area (Å²) in [6.07, 6.45) is 4.03. The number of fused-ring (bicyclic) bond motifs is 1. The summed E-state index contributed by atoms with van der Waals surface area (Å²) in [7, 11) is 0. The molecule has 1 saturated heterocycles. The number of nitrogens with zero attached hydrogens (tertiary/aromatic N) is 4. The minimum absolute atomic E-state index is 0.0593. The molecular weight excluding hydrogens is 302 g/mol. The lowest BCUT2D eigenvalue weighted by Gasteiger charge is -2.32. The largest absolute Gasteiger partial charge is 0.311 e. The van der Waals surface area contributed by atoms with E-state index in [1.807, 2.05) is 23.7 Å². The Morgan fingerprint density at radius 2 is 2.25 bits per heavy atom. The van der Waals surface area contributed by atoms with Crippen molar-refractivity contribution in [2.75, 3.05) is 13.1 Å². The first kappa shape index (κ1) is 15.1. The summed E-state index contributed by atoms with van der Waals surface area (Å²) < 4.78 is 2.00. The maximum atomic E-state index is 11.7. The van der Waals surface area contributed by atoms with E-state index < -0.39 is 0 Å². The summed E-state index contributed by atoms with van der Waals surface area (Å²) in [5, 5.41) is 4.42. The molecule has 0 bridgehead atoms. The van der Waals surface area contributed by atoms with Gasteiger partial charge in [0.2, 0.25) is 0 Å². The predicted octanol–water partition coefficient (Wildman–Crippen LogP) is 2.11. The van der Waals surface area contributed by atoms with Gasteiger partial charge in [0.1, 0.15) is 5.82 Å². The molecule has 1 aliphatic rings. The smallest absolute Gasteiger partial charge is 0.251 e. The van der Waals surface area contributed by atoms with Crippen LogP contribution >= 0.6 is 0 Å². The van der Waals surface area contributed by atoms with Gasteiger partial charge in [-0.2, -0.15) is 5.10 Å². The van der Waals surface area contributed by atoms with Crippen molar-refractivity contribution in [1.29, 1.82) is 0 Å². The minimum Gasteiger partial charge on any atom is -0.311 e. The fraction of sp³-hybridized carbons (Fsp3) is 0.389. The Kier molecular flexibility index (Phi) is 3.90. The molecule has 4 rings (SSSR count). The van der Waals surface area contributed by atoms with Gasteiger partial charge in [-0.1, -0.05) is 6.07 Å². The predicted molar refractivity (Wildman–Crippen MR) is 92.0 cm³/mol. The van der Waals surface area contributed by atoms with Gasteiger partial charge in [-0.3, -0.25) is 9.69 Å². The summed E-state index contributed by atoms with van der Waals surface area (Å²) >= 11 is 0. The molecule has 0 radical (unpaired) electrons. The van der Waals surface area contributed by atoms with Crippen LogP contribution in [0.3, 0.4) is 0 Å². The van der Waals surface area contributed by atoms with Crippen molar-refractivity contribution in [1.82, 2.24) is 24.5 Å². The number of piperidine rings is 1. The molecule has 3 aromatic heterocycles. The van der Waals surface area contributed by atoms with Crippen LogP contribution in [-0.2, 0) is 6.54 Å². The zero-order chi connectivity index (χ0) is 16.5. The van der Waals surface area contributed by atoms with Crippen LogP contribution in [-0.4, -0.2) is 37.6 Å². The average Bonchev–Trinajstić information content (AvgIpc) is 3.04. The fourth-order valence-corrected chi connectivity index (χ4v) is 3.61. The van der Waals surface area contributed by atoms with Gasteiger partial charge in [-0.25, -0.2) is 9.50 Å². The second-order valence-electron chi connectivity index (χ2n) is 6.51. The average molecular weight is 323 g/mol. The normalized spacial score (nSPS) is 19.0. The van der Waals surface area contributed by atoms with Crippen molar-refractivity contribution in [2.45, 2.75) is 32.2 Å². The fourth-order valence-electron chi connectivity index (χ4n) is 3.61. The number of pyridine rings is 1. The molecule has 0 saturated carbocycles. The number of aryl methyl sites for hydroxylation is 1. The molecule has 4 heterocycles. The molecule has 1 atom stereocenters. The maximum absolute atomic E-state index is 11.7. The van der Waals surface area contributed by atoms with Crippen molar-refractivity contribution in [3.8, 4) is 0 Å². The lowest BCUT2D eigenvalue weighted by atomic mass is 9.94. The molecule has 0 amide bonds. The Labute approximate surface area is 140 Å². The number of nitrogens with one attached hydrogen (secondary N) is 1. The molecule has 124 valence electrons. The Morgan fingerprint density at radius 1 is 1.33 bits per heavy atom. The molecule has 1 aliphatic heterocycles. The second kappa shape index (κ2) is 6.20. The van der Waals surface area contributed by atoms with Crippen LogP contribution in [0.25, 0.3) is 5.52 Å². The molecule has 0 aromatic carbocycles. The molecule has 0 aliphatic carbocycles. The van der Waals surface area contributed by atoms with Crippen molar-refractivity contribution in [3.05, 3.63) is 64.1 Å². The van der Waals surface area contributed by atoms with Gasteiger partial charge in [-0.05, 0) is 44.5 Å². The summed E-state index contributed by atoms with van der Waals surface area (Å²) in [6, 6.07) is 9.94. The Bertz CT molecular complexity index is 913. The summed E-state index contributed by atoms with van der Waals surface area (Å²) in [4.78, 5) is 21.4. The highest BCUT2D eigenvalue weighted by molar-refractivity contribution is 5.46. The Morgan fingerprint density at radius 3 is 3.12 bits per heavy atom. The maximum Gasteiger partial charge on any atom is 0.251 e. The molecule has 0 spiro atoms. The van der Waals surface area contributed by atoms with Crippen LogP contribution in [0.1, 0.15) is 36.0 Å². The minimum atomic E-state index is -0.0593. The molecule has 1 fully saturated rings. The van der Waals surface area contributed by atoms with Gasteiger partial charge in [-0.15, -0.1) is 0 Å². The van der Waals surface area contributed by atoms with E-state index in [0.29, 0.717) is 11.7 Å². The van der Waals surface area contributed by atoms with Crippen molar-refractivity contribution in [3.63, 3.8) is 0 Å². The highest BCUT2D eigenvalue weighted by Gasteiger charge is 2.23. The van der Waals surface area contributed by atoms with Gasteiger partial charge >= 0.3 is 0 Å². The van der Waals surface area contributed by atoms with Crippen molar-refractivity contribution < 1.29 is 0 Å². The third kappa shape index (κ3) is 2.97. The first-order chi connectivity index (χ1) is 11.7. The van der Waals surface area contributed by atoms with Gasteiger partial charge in [0.25, 0.3) is 5.56 Å². The van der Waals surface area contributed by atoms with Crippen LogP contribution in [0.2, 0.25) is 0 Å². The first-order valence-electron chi connectivity index (χ1n) is 8.41. The molecule has 1 N–H and O–H groups in total. The lowest BCUT2D eigenvalue weighted by Crippen LogP contribution is -2.35. The summed E-state index contributed by atoms with van der Waals surface area (Å²) in [5.41, 5.74) is 3.16. The van der Waals surface area contributed by atoms with Crippen LogP contribution in [0.4, 0.5) is 0 Å². The van der Waals surface area contributed by atoms with E-state index in [1.54, 1.807) is 6.07 Å². The number of aromatic nitrogens is 4. The van der Waals surface area contributed by atoms with E-state index in [9.17, 15) is 4.79 Å². The van der Waals surface area contributed by atoms with Gasteiger partial charge in [0.15, 0.2) is 0 Å². The van der Waals surface area contributed by atoms with Crippen molar-refractivity contribution >= 4 is 5.52 Å². The molecular formula is C18H21N5O. The van der Waals surface area contributed by atoms with E-state index in [-0.39, 0.29) is 5.56 Å². The standard InChI is InChI=1S/C18H21N5O/c1-13-20-17(10-18(24)21-13)14-4-3-9-22(11-14)12-16-6-2-5-15-7-8-19-23(15)16/h2,5-8,10,14H,3-4,9,11-12H2,1H3,(H,20,21,24). The lowest BCUT2D eigenvalue weighted by molar-refractivity contribution is 0.195. The number of likely N-dealkylation sites (tertiary alicyclic amines) is 1. The van der Waals surface area contributed by atoms with Crippen LogP contribution in [0, 0.1) is 6.92 Å². The monoisotopic (exact) mass is 323 g/mol. The van der Waals surface area contributed by atoms with Crippen LogP contribution in [0.5, 0.6) is 0 Å².